The van der Waals surface area contributed by atoms with E-state index in [4.69, 9.17) is 4.74 Å². The smallest absolute Gasteiger partial charge is 0.241 e. The second-order valence-electron chi connectivity index (χ2n) is 5.79. The highest BCUT2D eigenvalue weighted by Crippen LogP contribution is 2.25. The lowest BCUT2D eigenvalue weighted by Gasteiger charge is -2.21. The minimum Gasteiger partial charge on any atom is -0.496 e. The molecule has 0 atom stereocenters. The summed E-state index contributed by atoms with van der Waals surface area (Å²) < 4.78 is 32.7. The molecule has 136 valence electrons. The molecule has 0 fully saturated rings. The SMILES string of the molecule is CCCN(CCC)C(=O)CNS(=O)(=O)c1cc(C)c(OC)cc1C. The number of ether oxygens (including phenoxy) is 1. The van der Waals surface area contributed by atoms with Gasteiger partial charge in [-0.15, -0.1) is 0 Å². The van der Waals surface area contributed by atoms with Crippen LogP contribution in [0.3, 0.4) is 0 Å². The molecular weight excluding hydrogens is 328 g/mol. The minimum atomic E-state index is -3.75. The van der Waals surface area contributed by atoms with Crippen LogP contribution in [0.5, 0.6) is 5.75 Å². The number of nitrogens with zero attached hydrogens (tertiary/aromatic N) is 1. The second-order valence-corrected chi connectivity index (χ2v) is 7.53. The number of amides is 1. The first-order valence-corrected chi connectivity index (χ1v) is 9.67. The Morgan fingerprint density at radius 2 is 1.71 bits per heavy atom. The summed E-state index contributed by atoms with van der Waals surface area (Å²) in [6.45, 7) is 8.51. The lowest BCUT2D eigenvalue weighted by Crippen LogP contribution is -2.41. The Morgan fingerprint density at radius 3 is 2.21 bits per heavy atom. The Bertz CT molecular complexity index is 665. The Hall–Kier alpha value is -1.60. The van der Waals surface area contributed by atoms with Gasteiger partial charge in [-0.05, 0) is 49.9 Å². The minimum absolute atomic E-state index is 0.172. The van der Waals surface area contributed by atoms with Crippen molar-refractivity contribution in [1.82, 2.24) is 9.62 Å². The van der Waals surface area contributed by atoms with E-state index in [2.05, 4.69) is 4.72 Å². The predicted octanol–water partition coefficient (Wildman–Crippen LogP) is 2.24. The summed E-state index contributed by atoms with van der Waals surface area (Å²) in [5.74, 6) is 0.435. The normalized spacial score (nSPS) is 11.4. The maximum Gasteiger partial charge on any atom is 0.241 e. The lowest BCUT2D eigenvalue weighted by atomic mass is 10.1. The van der Waals surface area contributed by atoms with Crippen LogP contribution in [0.2, 0.25) is 0 Å². The number of aryl methyl sites for hydroxylation is 2. The fraction of sp³-hybridized carbons (Fsp3) is 0.588. The monoisotopic (exact) mass is 356 g/mol. The van der Waals surface area contributed by atoms with Gasteiger partial charge >= 0.3 is 0 Å². The zero-order chi connectivity index (χ0) is 18.3. The molecular formula is C17H28N2O4S. The van der Waals surface area contributed by atoms with Gasteiger partial charge in [-0.25, -0.2) is 13.1 Å². The van der Waals surface area contributed by atoms with Crippen LogP contribution in [0, 0.1) is 13.8 Å². The molecule has 24 heavy (non-hydrogen) atoms. The van der Waals surface area contributed by atoms with E-state index < -0.39 is 10.0 Å². The standard InChI is InChI=1S/C17H28N2O4S/c1-6-8-19(9-7-2)17(20)12-18-24(21,22)16-11-13(3)15(23-5)10-14(16)4/h10-11,18H,6-9,12H2,1-5H3. The molecule has 0 heterocycles. The Labute approximate surface area is 145 Å². The van der Waals surface area contributed by atoms with Crippen molar-refractivity contribution in [1.29, 1.82) is 0 Å². The van der Waals surface area contributed by atoms with Crippen LogP contribution in [0.4, 0.5) is 0 Å². The van der Waals surface area contributed by atoms with Crippen molar-refractivity contribution in [3.63, 3.8) is 0 Å². The molecule has 1 aromatic carbocycles. The van der Waals surface area contributed by atoms with Crippen LogP contribution < -0.4 is 9.46 Å². The highest BCUT2D eigenvalue weighted by Gasteiger charge is 2.21. The first-order chi connectivity index (χ1) is 11.3. The molecule has 7 heteroatoms. The highest BCUT2D eigenvalue weighted by atomic mass is 32.2. The van der Waals surface area contributed by atoms with E-state index in [1.54, 1.807) is 38.0 Å². The van der Waals surface area contributed by atoms with Gasteiger partial charge < -0.3 is 9.64 Å². The zero-order valence-corrected chi connectivity index (χ0v) is 16.0. The molecule has 0 aromatic heterocycles. The van der Waals surface area contributed by atoms with Gasteiger partial charge in [0.25, 0.3) is 0 Å². The molecule has 1 amide bonds. The summed E-state index contributed by atoms with van der Waals surface area (Å²) >= 11 is 0. The molecule has 1 rings (SSSR count). The molecule has 0 aliphatic heterocycles. The maximum absolute atomic E-state index is 12.5. The van der Waals surface area contributed by atoms with Gasteiger partial charge in [0.1, 0.15) is 5.75 Å². The number of rotatable bonds is 9. The van der Waals surface area contributed by atoms with Crippen LogP contribution in [-0.4, -0.2) is 46.0 Å². The van der Waals surface area contributed by atoms with Crippen molar-refractivity contribution in [3.05, 3.63) is 23.3 Å². The largest absolute Gasteiger partial charge is 0.496 e. The van der Waals surface area contributed by atoms with Gasteiger partial charge in [0, 0.05) is 13.1 Å². The second kappa shape index (κ2) is 9.03. The summed E-state index contributed by atoms with van der Waals surface area (Å²) in [6.07, 6.45) is 1.69. The summed E-state index contributed by atoms with van der Waals surface area (Å²) in [7, 11) is -2.21. The van der Waals surface area contributed by atoms with E-state index >= 15 is 0 Å². The van der Waals surface area contributed by atoms with Crippen LogP contribution in [-0.2, 0) is 14.8 Å². The summed E-state index contributed by atoms with van der Waals surface area (Å²) in [4.78, 5) is 14.1. The number of nitrogens with one attached hydrogen (secondary N) is 1. The Balaban J connectivity index is 2.90. The molecule has 6 nitrogen and oxygen atoms in total. The van der Waals surface area contributed by atoms with Crippen molar-refractivity contribution < 1.29 is 17.9 Å². The fourth-order valence-electron chi connectivity index (χ4n) is 2.52. The van der Waals surface area contributed by atoms with Crippen molar-refractivity contribution >= 4 is 15.9 Å². The van der Waals surface area contributed by atoms with Crippen molar-refractivity contribution in [2.75, 3.05) is 26.7 Å². The molecule has 0 aliphatic rings. The van der Waals surface area contributed by atoms with Gasteiger partial charge in [-0.1, -0.05) is 13.8 Å². The van der Waals surface area contributed by atoms with E-state index in [0.717, 1.165) is 18.4 Å². The molecule has 0 radical (unpaired) electrons. The summed E-state index contributed by atoms with van der Waals surface area (Å²) in [6, 6.07) is 3.25. The van der Waals surface area contributed by atoms with E-state index in [9.17, 15) is 13.2 Å². The van der Waals surface area contributed by atoms with Crippen LogP contribution in [0.15, 0.2) is 17.0 Å². The number of hydrogen-bond acceptors (Lipinski definition) is 4. The van der Waals surface area contributed by atoms with E-state index in [1.165, 1.54) is 0 Å². The predicted molar refractivity (Wildman–Crippen MR) is 94.8 cm³/mol. The lowest BCUT2D eigenvalue weighted by molar-refractivity contribution is -0.130. The number of methoxy groups -OCH3 is 1. The van der Waals surface area contributed by atoms with Gasteiger partial charge in [-0.2, -0.15) is 0 Å². The van der Waals surface area contributed by atoms with Gasteiger partial charge in [0.15, 0.2) is 0 Å². The quantitative estimate of drug-likeness (QED) is 0.736. The Morgan fingerprint density at radius 1 is 1.12 bits per heavy atom. The third-order valence-electron chi connectivity index (χ3n) is 3.74. The van der Waals surface area contributed by atoms with Crippen LogP contribution >= 0.6 is 0 Å². The van der Waals surface area contributed by atoms with Gasteiger partial charge in [0.2, 0.25) is 15.9 Å². The third kappa shape index (κ3) is 5.21. The van der Waals surface area contributed by atoms with Gasteiger partial charge in [0.05, 0.1) is 18.6 Å². The molecule has 1 aromatic rings. The first kappa shape index (κ1) is 20.4. The summed E-state index contributed by atoms with van der Waals surface area (Å²) in [5.41, 5.74) is 1.31. The van der Waals surface area contributed by atoms with E-state index in [1.807, 2.05) is 13.8 Å². The van der Waals surface area contributed by atoms with Crippen molar-refractivity contribution in [3.8, 4) is 5.75 Å². The molecule has 0 aliphatic carbocycles. The molecule has 0 saturated carbocycles. The number of sulfonamides is 1. The van der Waals surface area contributed by atoms with E-state index in [0.29, 0.717) is 24.4 Å². The molecule has 0 saturated heterocycles. The Kier molecular flexibility index (Phi) is 7.69. The number of hydrogen-bond donors (Lipinski definition) is 1. The van der Waals surface area contributed by atoms with Crippen molar-refractivity contribution in [2.45, 2.75) is 45.4 Å². The third-order valence-corrected chi connectivity index (χ3v) is 5.28. The van der Waals surface area contributed by atoms with Crippen LogP contribution in [0.25, 0.3) is 0 Å². The molecule has 0 unspecified atom stereocenters. The molecule has 1 N–H and O–H groups in total. The van der Waals surface area contributed by atoms with Gasteiger partial charge in [-0.3, -0.25) is 4.79 Å². The number of benzene rings is 1. The number of carbonyl (C=O) groups is 1. The molecule has 0 spiro atoms. The van der Waals surface area contributed by atoms with Crippen molar-refractivity contribution in [2.24, 2.45) is 0 Å². The summed E-state index contributed by atoms with van der Waals surface area (Å²) in [5, 5.41) is 0. The molecule has 0 bridgehead atoms. The average molecular weight is 356 g/mol. The average Bonchev–Trinajstić information content (AvgIpc) is 2.54. The zero-order valence-electron chi connectivity index (χ0n) is 15.2. The first-order valence-electron chi connectivity index (χ1n) is 8.19. The maximum atomic E-state index is 12.5. The highest BCUT2D eigenvalue weighted by molar-refractivity contribution is 7.89. The topological polar surface area (TPSA) is 75.7 Å². The van der Waals surface area contributed by atoms with Crippen LogP contribution in [0.1, 0.15) is 37.8 Å². The van der Waals surface area contributed by atoms with E-state index in [-0.39, 0.29) is 17.3 Å². The number of carbonyl (C=O) groups excluding carboxylic acids is 1. The fourth-order valence-corrected chi connectivity index (χ4v) is 3.80.